The summed E-state index contributed by atoms with van der Waals surface area (Å²) in [5.41, 5.74) is 6.95. The summed E-state index contributed by atoms with van der Waals surface area (Å²) in [6.45, 7) is 2.01. The minimum absolute atomic E-state index is 0.0310. The number of hydrazine groups is 1. The van der Waals surface area contributed by atoms with E-state index in [-0.39, 0.29) is 29.7 Å². The van der Waals surface area contributed by atoms with Crippen LogP contribution in [0.1, 0.15) is 18.5 Å². The Balaban J connectivity index is 1.89. The number of nitrogens with one attached hydrogen (secondary N) is 2. The molecule has 2 aromatic carbocycles. The molecule has 1 aliphatic rings. The molecule has 0 aromatic heterocycles. The molecule has 0 radical (unpaired) electrons. The van der Waals surface area contributed by atoms with Gasteiger partial charge >= 0.3 is 0 Å². The van der Waals surface area contributed by atoms with Crippen LogP contribution in [0.3, 0.4) is 0 Å². The second-order valence-corrected chi connectivity index (χ2v) is 6.17. The molecule has 0 saturated carbocycles. The smallest absolute Gasteiger partial charge is 0.136 e. The van der Waals surface area contributed by atoms with Gasteiger partial charge < -0.3 is 14.9 Å². The molecule has 0 bridgehead atoms. The van der Waals surface area contributed by atoms with Crippen molar-refractivity contribution in [2.24, 2.45) is 0 Å². The van der Waals surface area contributed by atoms with Crippen LogP contribution < -0.4 is 15.6 Å². The normalized spacial score (nSPS) is 24.4. The fraction of sp³-hybridized carbons (Fsp3) is 0.250. The second-order valence-electron chi connectivity index (χ2n) is 5.31. The summed E-state index contributed by atoms with van der Waals surface area (Å²) in [5, 5.41) is 19.5. The molecule has 3 atom stereocenters. The first kappa shape index (κ1) is 15.1. The summed E-state index contributed by atoms with van der Waals surface area (Å²) in [7, 11) is 0. The number of hydrogen-bond donors (Lipinski definition) is 4. The Labute approximate surface area is 137 Å². The van der Waals surface area contributed by atoms with Crippen molar-refractivity contribution < 1.29 is 14.9 Å². The van der Waals surface area contributed by atoms with Gasteiger partial charge in [-0.2, -0.15) is 0 Å². The van der Waals surface area contributed by atoms with Gasteiger partial charge in [0.1, 0.15) is 23.4 Å². The average molecular weight is 365 g/mol. The maximum Gasteiger partial charge on any atom is 0.136 e. The highest BCUT2D eigenvalue weighted by molar-refractivity contribution is 9.10. The van der Waals surface area contributed by atoms with E-state index in [1.165, 1.54) is 6.07 Å². The van der Waals surface area contributed by atoms with Crippen molar-refractivity contribution in [1.29, 1.82) is 0 Å². The van der Waals surface area contributed by atoms with Crippen molar-refractivity contribution in [2.75, 3.05) is 0 Å². The Hall–Kier alpha value is -1.76. The fourth-order valence-electron chi connectivity index (χ4n) is 2.58. The van der Waals surface area contributed by atoms with Gasteiger partial charge in [-0.25, -0.2) is 5.43 Å². The van der Waals surface area contributed by atoms with Crippen LogP contribution in [0.15, 0.2) is 46.9 Å². The minimum atomic E-state index is -0.234. The lowest BCUT2D eigenvalue weighted by Gasteiger charge is -2.24. The zero-order chi connectivity index (χ0) is 15.7. The number of halogens is 1. The van der Waals surface area contributed by atoms with Crippen molar-refractivity contribution in [3.8, 4) is 17.2 Å². The predicted molar refractivity (Wildman–Crippen MR) is 86.8 cm³/mol. The van der Waals surface area contributed by atoms with Crippen molar-refractivity contribution >= 4 is 15.9 Å². The molecule has 1 fully saturated rings. The van der Waals surface area contributed by atoms with Gasteiger partial charge in [0, 0.05) is 11.6 Å². The van der Waals surface area contributed by atoms with Gasteiger partial charge in [0.05, 0.1) is 16.6 Å². The zero-order valence-corrected chi connectivity index (χ0v) is 13.5. The Morgan fingerprint density at radius 3 is 2.59 bits per heavy atom. The predicted octanol–water partition coefficient (Wildman–Crippen LogP) is 2.85. The zero-order valence-electron chi connectivity index (χ0n) is 12.0. The highest BCUT2D eigenvalue weighted by Gasteiger charge is 2.37. The van der Waals surface area contributed by atoms with E-state index >= 15 is 0 Å². The number of rotatable bonds is 3. The third kappa shape index (κ3) is 2.90. The average Bonchev–Trinajstić information content (AvgIpc) is 2.83. The topological polar surface area (TPSA) is 73.8 Å². The van der Waals surface area contributed by atoms with Gasteiger partial charge in [-0.15, -0.1) is 0 Å². The number of aromatic hydroxyl groups is 2. The third-order valence-corrected chi connectivity index (χ3v) is 4.39. The largest absolute Gasteiger partial charge is 0.508 e. The monoisotopic (exact) mass is 364 g/mol. The van der Waals surface area contributed by atoms with Crippen LogP contribution in [0.2, 0.25) is 0 Å². The lowest BCUT2D eigenvalue weighted by molar-refractivity contribution is 0.169. The summed E-state index contributed by atoms with van der Waals surface area (Å²) in [5.74, 6) is 0.811. The van der Waals surface area contributed by atoms with Crippen molar-refractivity contribution in [3.05, 3.63) is 52.5 Å². The van der Waals surface area contributed by atoms with Gasteiger partial charge in [-0.3, -0.25) is 5.43 Å². The maximum atomic E-state index is 10.1. The number of hydrogen-bond acceptors (Lipinski definition) is 5. The summed E-state index contributed by atoms with van der Waals surface area (Å²) in [6, 6.07) is 12.0. The van der Waals surface area contributed by atoms with Gasteiger partial charge in [-0.1, -0.05) is 12.1 Å². The van der Waals surface area contributed by atoms with Crippen LogP contribution in [-0.4, -0.2) is 22.4 Å². The van der Waals surface area contributed by atoms with Gasteiger partial charge in [0.15, 0.2) is 0 Å². The summed E-state index contributed by atoms with van der Waals surface area (Å²) in [4.78, 5) is 0. The Morgan fingerprint density at radius 1 is 1.09 bits per heavy atom. The van der Waals surface area contributed by atoms with E-state index in [2.05, 4.69) is 26.8 Å². The SMILES string of the molecule is CC1NNC(c2ccc(O)cc2O)C1Oc1ccccc1Br. The van der Waals surface area contributed by atoms with Crippen LogP contribution in [0.5, 0.6) is 17.2 Å². The first-order chi connectivity index (χ1) is 10.6. The first-order valence-electron chi connectivity index (χ1n) is 7.00. The molecule has 1 heterocycles. The van der Waals surface area contributed by atoms with E-state index in [1.807, 2.05) is 31.2 Å². The lowest BCUT2D eigenvalue weighted by atomic mass is 9.98. The van der Waals surface area contributed by atoms with Gasteiger partial charge in [0.25, 0.3) is 0 Å². The number of benzene rings is 2. The molecule has 0 aliphatic carbocycles. The standard InChI is InChI=1S/C16H17BrN2O3/c1-9-16(22-14-5-3-2-4-12(14)17)15(19-18-9)11-7-6-10(20)8-13(11)21/h2-9,15-16,18-21H,1H3. The molecule has 22 heavy (non-hydrogen) atoms. The summed E-state index contributed by atoms with van der Waals surface area (Å²) < 4.78 is 7.00. The fourth-order valence-corrected chi connectivity index (χ4v) is 2.96. The summed E-state index contributed by atoms with van der Waals surface area (Å²) >= 11 is 3.48. The van der Waals surface area contributed by atoms with E-state index in [4.69, 9.17) is 4.74 Å². The molecule has 3 unspecified atom stereocenters. The quantitative estimate of drug-likeness (QED) is 0.673. The van der Waals surface area contributed by atoms with Crippen LogP contribution in [-0.2, 0) is 0 Å². The van der Waals surface area contributed by atoms with Crippen molar-refractivity contribution in [3.63, 3.8) is 0 Å². The molecular formula is C16H17BrN2O3. The maximum absolute atomic E-state index is 10.1. The molecule has 0 amide bonds. The van der Waals surface area contributed by atoms with E-state index in [0.29, 0.717) is 5.56 Å². The first-order valence-corrected chi connectivity index (χ1v) is 7.79. The molecule has 2 aromatic rings. The van der Waals surface area contributed by atoms with Crippen LogP contribution in [0, 0.1) is 0 Å². The second kappa shape index (κ2) is 6.16. The van der Waals surface area contributed by atoms with E-state index in [1.54, 1.807) is 12.1 Å². The summed E-state index contributed by atoms with van der Waals surface area (Å²) in [6.07, 6.45) is -0.214. The van der Waals surface area contributed by atoms with E-state index in [9.17, 15) is 10.2 Å². The Kier molecular flexibility index (Phi) is 4.24. The highest BCUT2D eigenvalue weighted by Crippen LogP contribution is 2.35. The molecule has 1 saturated heterocycles. The molecule has 0 spiro atoms. The molecule has 5 nitrogen and oxygen atoms in total. The van der Waals surface area contributed by atoms with Gasteiger partial charge in [0.2, 0.25) is 0 Å². The Bertz CT molecular complexity index is 680. The minimum Gasteiger partial charge on any atom is -0.508 e. The van der Waals surface area contributed by atoms with Crippen LogP contribution in [0.25, 0.3) is 0 Å². The highest BCUT2D eigenvalue weighted by atomic mass is 79.9. The number of ether oxygens (including phenoxy) is 1. The van der Waals surface area contributed by atoms with E-state index in [0.717, 1.165) is 10.2 Å². The number of phenols is 2. The van der Waals surface area contributed by atoms with Crippen molar-refractivity contribution in [1.82, 2.24) is 10.9 Å². The van der Waals surface area contributed by atoms with Crippen LogP contribution >= 0.6 is 15.9 Å². The molecule has 116 valence electrons. The Morgan fingerprint density at radius 2 is 1.86 bits per heavy atom. The molecular weight excluding hydrogens is 348 g/mol. The number of para-hydroxylation sites is 1. The van der Waals surface area contributed by atoms with E-state index < -0.39 is 0 Å². The lowest BCUT2D eigenvalue weighted by Crippen LogP contribution is -2.33. The molecule has 1 aliphatic heterocycles. The third-order valence-electron chi connectivity index (χ3n) is 3.74. The van der Waals surface area contributed by atoms with Crippen molar-refractivity contribution in [2.45, 2.75) is 25.1 Å². The molecule has 3 rings (SSSR count). The van der Waals surface area contributed by atoms with Gasteiger partial charge in [-0.05, 0) is 47.1 Å². The van der Waals surface area contributed by atoms with Crippen LogP contribution in [0.4, 0.5) is 0 Å². The number of phenolic OH excluding ortho intramolecular Hbond substituents is 2. The molecule has 4 N–H and O–H groups in total. The molecule has 6 heteroatoms.